The molecule has 0 fully saturated rings. The molecule has 0 aliphatic rings. The summed E-state index contributed by atoms with van der Waals surface area (Å²) in [7, 11) is -2.64. The van der Waals surface area contributed by atoms with Gasteiger partial charge in [-0.25, -0.2) is 8.42 Å². The molecule has 0 aliphatic carbocycles. The lowest BCUT2D eigenvalue weighted by atomic mass is 10.2. The summed E-state index contributed by atoms with van der Waals surface area (Å²) in [6.07, 6.45) is -4.49. The number of carbonyl (C=O) groups is 1. The molecule has 0 bridgehead atoms. The van der Waals surface area contributed by atoms with Crippen LogP contribution in [0, 0.1) is 0 Å². The van der Waals surface area contributed by atoms with Gasteiger partial charge in [0, 0.05) is 12.2 Å². The molecular weight excluding hydrogens is 433 g/mol. The van der Waals surface area contributed by atoms with Gasteiger partial charge in [0.05, 0.1) is 29.1 Å². The van der Waals surface area contributed by atoms with Gasteiger partial charge in [-0.15, -0.1) is 0 Å². The summed E-state index contributed by atoms with van der Waals surface area (Å²) in [6.45, 7) is 1.02. The quantitative estimate of drug-likeness (QED) is 0.691. The lowest BCUT2D eigenvalue weighted by molar-refractivity contribution is -0.137. The monoisotopic (exact) mass is 450 g/mol. The molecule has 6 nitrogen and oxygen atoms in total. The predicted octanol–water partition coefficient (Wildman–Crippen LogP) is 4.02. The van der Waals surface area contributed by atoms with E-state index in [0.717, 1.165) is 28.6 Å². The van der Waals surface area contributed by atoms with Gasteiger partial charge < -0.3 is 10.1 Å². The zero-order chi connectivity index (χ0) is 21.8. The fourth-order valence-electron chi connectivity index (χ4n) is 2.43. The average Bonchev–Trinajstić information content (AvgIpc) is 2.65. The molecule has 0 radical (unpaired) electrons. The van der Waals surface area contributed by atoms with Crippen LogP contribution in [0.15, 0.2) is 47.4 Å². The summed E-state index contributed by atoms with van der Waals surface area (Å²) in [6, 6.07) is 7.74. The fraction of sp³-hybridized carbons (Fsp3) is 0.278. The van der Waals surface area contributed by atoms with Gasteiger partial charge >= 0.3 is 6.18 Å². The number of hydrogen-bond donors (Lipinski definition) is 1. The van der Waals surface area contributed by atoms with Crippen molar-refractivity contribution in [3.05, 3.63) is 53.1 Å². The van der Waals surface area contributed by atoms with E-state index in [9.17, 15) is 26.4 Å². The van der Waals surface area contributed by atoms with Crippen molar-refractivity contribution in [2.24, 2.45) is 0 Å². The maximum atomic E-state index is 12.8. The molecule has 2 aromatic carbocycles. The van der Waals surface area contributed by atoms with Crippen molar-refractivity contribution >= 4 is 33.2 Å². The van der Waals surface area contributed by atoms with Gasteiger partial charge in [0.2, 0.25) is 15.9 Å². The third-order valence-electron chi connectivity index (χ3n) is 3.93. The summed E-state index contributed by atoms with van der Waals surface area (Å²) in [5.41, 5.74) is -0.742. The first-order valence-corrected chi connectivity index (χ1v) is 10.1. The van der Waals surface area contributed by atoms with E-state index >= 15 is 0 Å². The van der Waals surface area contributed by atoms with Crippen molar-refractivity contribution in [2.75, 3.05) is 25.5 Å². The Kier molecular flexibility index (Phi) is 7.15. The van der Waals surface area contributed by atoms with Gasteiger partial charge in [-0.1, -0.05) is 18.5 Å². The largest absolute Gasteiger partial charge is 0.495 e. The number of carbonyl (C=O) groups excluding carboxylic acids is 1. The van der Waals surface area contributed by atoms with E-state index in [1.807, 2.05) is 0 Å². The second-order valence-electron chi connectivity index (χ2n) is 5.85. The van der Waals surface area contributed by atoms with Crippen molar-refractivity contribution in [2.45, 2.75) is 18.0 Å². The van der Waals surface area contributed by atoms with E-state index < -0.39 is 34.2 Å². The van der Waals surface area contributed by atoms with Crippen molar-refractivity contribution in [1.29, 1.82) is 0 Å². The minimum atomic E-state index is -4.49. The van der Waals surface area contributed by atoms with Crippen LogP contribution in [0.4, 0.5) is 18.9 Å². The Morgan fingerprint density at radius 1 is 1.17 bits per heavy atom. The maximum Gasteiger partial charge on any atom is 0.416 e. The third-order valence-corrected chi connectivity index (χ3v) is 6.14. The molecule has 2 rings (SSSR count). The number of likely N-dealkylation sites (N-methyl/N-ethyl adjacent to an activating group) is 1. The number of nitrogens with one attached hydrogen (secondary N) is 1. The molecule has 158 valence electrons. The highest BCUT2D eigenvalue weighted by atomic mass is 35.5. The number of amides is 1. The first-order chi connectivity index (χ1) is 13.5. The first-order valence-electron chi connectivity index (χ1n) is 8.29. The molecule has 1 amide bonds. The summed E-state index contributed by atoms with van der Waals surface area (Å²) in [4.78, 5) is 12.1. The average molecular weight is 451 g/mol. The lowest BCUT2D eigenvalue weighted by Gasteiger charge is -2.20. The van der Waals surface area contributed by atoms with Crippen LogP contribution in [-0.2, 0) is 21.0 Å². The number of halogens is 4. The van der Waals surface area contributed by atoms with E-state index in [1.54, 1.807) is 6.92 Å². The SMILES string of the molecule is CCN(CC(=O)Nc1ccc(C(F)(F)F)cc1)S(=O)(=O)c1ccc(OC)c(Cl)c1. The lowest BCUT2D eigenvalue weighted by Crippen LogP contribution is -2.37. The smallest absolute Gasteiger partial charge is 0.416 e. The van der Waals surface area contributed by atoms with Crippen molar-refractivity contribution < 1.29 is 31.1 Å². The molecule has 0 spiro atoms. The summed E-state index contributed by atoms with van der Waals surface area (Å²) < 4.78 is 69.2. The topological polar surface area (TPSA) is 75.7 Å². The Balaban J connectivity index is 2.13. The van der Waals surface area contributed by atoms with Crippen LogP contribution in [0.3, 0.4) is 0 Å². The molecule has 0 aliphatic heterocycles. The highest BCUT2D eigenvalue weighted by molar-refractivity contribution is 7.89. The van der Waals surface area contributed by atoms with E-state index in [4.69, 9.17) is 16.3 Å². The van der Waals surface area contributed by atoms with E-state index in [2.05, 4.69) is 5.32 Å². The van der Waals surface area contributed by atoms with Crippen LogP contribution in [0.1, 0.15) is 12.5 Å². The third kappa shape index (κ3) is 5.62. The van der Waals surface area contributed by atoms with Gasteiger partial charge in [0.15, 0.2) is 0 Å². The number of ether oxygens (including phenoxy) is 1. The van der Waals surface area contributed by atoms with Gasteiger partial charge in [-0.3, -0.25) is 4.79 Å². The van der Waals surface area contributed by atoms with Crippen molar-refractivity contribution in [3.8, 4) is 5.75 Å². The molecular formula is C18H18ClF3N2O4S. The minimum Gasteiger partial charge on any atom is -0.495 e. The van der Waals surface area contributed by atoms with Crippen LogP contribution in [0.25, 0.3) is 0 Å². The Bertz CT molecular complexity index is 980. The number of rotatable bonds is 7. The number of anilines is 1. The highest BCUT2D eigenvalue weighted by Gasteiger charge is 2.30. The first kappa shape index (κ1) is 23.0. The number of benzene rings is 2. The second-order valence-corrected chi connectivity index (χ2v) is 8.20. The van der Waals surface area contributed by atoms with E-state index in [1.165, 1.54) is 25.3 Å². The summed E-state index contributed by atoms with van der Waals surface area (Å²) in [5, 5.41) is 2.48. The molecule has 0 aromatic heterocycles. The molecule has 0 saturated heterocycles. The van der Waals surface area contributed by atoms with Gasteiger partial charge in [0.1, 0.15) is 5.75 Å². The molecule has 0 saturated carbocycles. The number of nitrogens with zero attached hydrogens (tertiary/aromatic N) is 1. The van der Waals surface area contributed by atoms with Crippen molar-refractivity contribution in [1.82, 2.24) is 4.31 Å². The molecule has 29 heavy (non-hydrogen) atoms. The zero-order valence-corrected chi connectivity index (χ0v) is 17.0. The highest BCUT2D eigenvalue weighted by Crippen LogP contribution is 2.30. The van der Waals surface area contributed by atoms with Crippen LogP contribution in [-0.4, -0.2) is 38.8 Å². The number of sulfonamides is 1. The standard InChI is InChI=1S/C18H18ClF3N2O4S/c1-3-24(29(26,27)14-8-9-16(28-2)15(19)10-14)11-17(25)23-13-6-4-12(5-7-13)18(20,21)22/h4-10H,3,11H2,1-2H3,(H,23,25). The van der Waals surface area contributed by atoms with E-state index in [-0.39, 0.29) is 22.2 Å². The number of methoxy groups -OCH3 is 1. The molecule has 0 unspecified atom stereocenters. The van der Waals surface area contributed by atoms with Gasteiger partial charge in [-0.05, 0) is 42.5 Å². The van der Waals surface area contributed by atoms with Crippen LogP contribution < -0.4 is 10.1 Å². The van der Waals surface area contributed by atoms with E-state index in [0.29, 0.717) is 5.75 Å². The summed E-state index contributed by atoms with van der Waals surface area (Å²) >= 11 is 5.97. The molecule has 1 N–H and O–H groups in total. The Labute approximate surface area is 171 Å². The number of hydrogen-bond acceptors (Lipinski definition) is 4. The molecule has 0 heterocycles. The maximum absolute atomic E-state index is 12.8. The fourth-order valence-corrected chi connectivity index (χ4v) is 4.18. The summed E-state index contributed by atoms with van der Waals surface area (Å²) in [5.74, 6) is -0.400. The molecule has 2 aromatic rings. The minimum absolute atomic E-state index is 0.00753. The van der Waals surface area contributed by atoms with Crippen LogP contribution in [0.2, 0.25) is 5.02 Å². The van der Waals surface area contributed by atoms with Gasteiger partial charge in [0.25, 0.3) is 0 Å². The zero-order valence-electron chi connectivity index (χ0n) is 15.5. The van der Waals surface area contributed by atoms with Gasteiger partial charge in [-0.2, -0.15) is 17.5 Å². The Morgan fingerprint density at radius 3 is 2.28 bits per heavy atom. The Hall–Kier alpha value is -2.30. The normalized spacial score (nSPS) is 12.1. The van der Waals surface area contributed by atoms with Crippen molar-refractivity contribution in [3.63, 3.8) is 0 Å². The predicted molar refractivity (Wildman–Crippen MR) is 103 cm³/mol. The molecule has 11 heteroatoms. The second kappa shape index (κ2) is 9.02. The van der Waals surface area contributed by atoms with Crippen LogP contribution in [0.5, 0.6) is 5.75 Å². The van der Waals surface area contributed by atoms with Crippen LogP contribution >= 0.6 is 11.6 Å². The Morgan fingerprint density at radius 2 is 1.79 bits per heavy atom. The molecule has 0 atom stereocenters. The number of alkyl halides is 3.